The number of methoxy groups -OCH3 is 2. The van der Waals surface area contributed by atoms with E-state index in [9.17, 15) is 4.79 Å². The second-order valence-electron chi connectivity index (χ2n) is 4.02. The van der Waals surface area contributed by atoms with Crippen molar-refractivity contribution in [3.05, 3.63) is 23.8 Å². The summed E-state index contributed by atoms with van der Waals surface area (Å²) in [6.45, 7) is 3.42. The summed E-state index contributed by atoms with van der Waals surface area (Å²) >= 11 is 3.38. The molecule has 0 saturated carbocycles. The molecule has 0 radical (unpaired) electrons. The van der Waals surface area contributed by atoms with E-state index < -0.39 is 0 Å². The monoisotopic (exact) mass is 329 g/mol. The molecule has 0 aromatic heterocycles. The van der Waals surface area contributed by atoms with Gasteiger partial charge in [0.25, 0.3) is 5.91 Å². The number of ether oxygens (including phenoxy) is 2. The van der Waals surface area contributed by atoms with Crippen molar-refractivity contribution in [2.75, 3.05) is 32.6 Å². The van der Waals surface area contributed by atoms with E-state index in [1.165, 1.54) is 0 Å². The molecule has 1 rings (SSSR count). The van der Waals surface area contributed by atoms with Crippen molar-refractivity contribution in [1.29, 1.82) is 0 Å². The van der Waals surface area contributed by atoms with Crippen LogP contribution in [0.1, 0.15) is 23.7 Å². The second-order valence-corrected chi connectivity index (χ2v) is 4.81. The van der Waals surface area contributed by atoms with Gasteiger partial charge in [0.15, 0.2) is 0 Å². The largest absolute Gasteiger partial charge is 0.496 e. The fourth-order valence-corrected chi connectivity index (χ4v) is 2.34. The molecule has 0 heterocycles. The number of nitrogens with zero attached hydrogens (tertiary/aromatic N) is 1. The van der Waals surface area contributed by atoms with Crippen LogP contribution in [0.3, 0.4) is 0 Å². The Kier molecular flexibility index (Phi) is 6.70. The van der Waals surface area contributed by atoms with Gasteiger partial charge in [0.2, 0.25) is 0 Å². The molecule has 0 aliphatic carbocycles. The third kappa shape index (κ3) is 3.86. The minimum absolute atomic E-state index is 0.0596. The van der Waals surface area contributed by atoms with Crippen LogP contribution in [0, 0.1) is 0 Å². The van der Waals surface area contributed by atoms with Crippen molar-refractivity contribution >= 4 is 21.8 Å². The van der Waals surface area contributed by atoms with Crippen LogP contribution in [-0.2, 0) is 0 Å². The van der Waals surface area contributed by atoms with Crippen LogP contribution in [0.25, 0.3) is 0 Å². The van der Waals surface area contributed by atoms with E-state index in [4.69, 9.17) is 9.47 Å². The number of rotatable bonds is 7. The Labute approximate surface area is 122 Å². The Morgan fingerprint density at radius 3 is 2.21 bits per heavy atom. The highest BCUT2D eigenvalue weighted by Gasteiger charge is 2.22. The summed E-state index contributed by atoms with van der Waals surface area (Å²) in [5.74, 6) is 1.02. The zero-order valence-corrected chi connectivity index (χ0v) is 13.2. The summed E-state index contributed by atoms with van der Waals surface area (Å²) in [5.41, 5.74) is 0.488. The maximum atomic E-state index is 12.6. The first-order valence-corrected chi connectivity index (χ1v) is 7.37. The highest BCUT2D eigenvalue weighted by Crippen LogP contribution is 2.29. The average molecular weight is 330 g/mol. The molecule has 1 aromatic carbocycles. The second kappa shape index (κ2) is 8.04. The van der Waals surface area contributed by atoms with Gasteiger partial charge in [-0.1, -0.05) is 28.9 Å². The van der Waals surface area contributed by atoms with E-state index in [-0.39, 0.29) is 5.91 Å². The number of hydrogen-bond donors (Lipinski definition) is 0. The summed E-state index contributed by atoms with van der Waals surface area (Å²) in [5, 5.41) is 0.746. The van der Waals surface area contributed by atoms with Crippen LogP contribution in [0.4, 0.5) is 0 Å². The zero-order valence-electron chi connectivity index (χ0n) is 11.6. The van der Waals surface area contributed by atoms with Crippen molar-refractivity contribution in [1.82, 2.24) is 4.90 Å². The van der Waals surface area contributed by atoms with E-state index in [0.717, 1.165) is 11.8 Å². The van der Waals surface area contributed by atoms with Crippen molar-refractivity contribution in [2.24, 2.45) is 0 Å². The molecule has 0 fully saturated rings. The smallest absolute Gasteiger partial charge is 0.261 e. The first kappa shape index (κ1) is 15.8. The Bertz CT molecular complexity index is 395. The normalized spacial score (nSPS) is 10.1. The van der Waals surface area contributed by atoms with Gasteiger partial charge in [-0.2, -0.15) is 0 Å². The molecule has 4 nitrogen and oxygen atoms in total. The first-order valence-electron chi connectivity index (χ1n) is 6.25. The van der Waals surface area contributed by atoms with Crippen LogP contribution in [0.15, 0.2) is 18.2 Å². The predicted molar refractivity (Wildman–Crippen MR) is 79.5 cm³/mol. The lowest BCUT2D eigenvalue weighted by Gasteiger charge is -2.23. The summed E-state index contributed by atoms with van der Waals surface area (Å²) in [6.07, 6.45) is 0.913. The van der Waals surface area contributed by atoms with E-state index >= 15 is 0 Å². The molecule has 1 amide bonds. The Hall–Kier alpha value is -1.23. The highest BCUT2D eigenvalue weighted by atomic mass is 79.9. The summed E-state index contributed by atoms with van der Waals surface area (Å²) in [4.78, 5) is 14.4. The molecule has 0 aliphatic heterocycles. The fourth-order valence-electron chi connectivity index (χ4n) is 1.91. The van der Waals surface area contributed by atoms with Crippen molar-refractivity contribution in [2.45, 2.75) is 13.3 Å². The third-order valence-electron chi connectivity index (χ3n) is 2.78. The lowest BCUT2D eigenvalue weighted by Crippen LogP contribution is -2.33. The van der Waals surface area contributed by atoms with Crippen LogP contribution < -0.4 is 9.47 Å². The van der Waals surface area contributed by atoms with Crippen molar-refractivity contribution in [3.63, 3.8) is 0 Å². The molecule has 0 unspecified atom stereocenters. The minimum atomic E-state index is -0.0596. The Balaban J connectivity index is 3.14. The lowest BCUT2D eigenvalue weighted by atomic mass is 10.1. The number of amides is 1. The first-order chi connectivity index (χ1) is 9.19. The third-order valence-corrected chi connectivity index (χ3v) is 3.13. The van der Waals surface area contributed by atoms with Gasteiger partial charge in [0.1, 0.15) is 17.1 Å². The number of halogens is 1. The number of carbonyl (C=O) groups excluding carboxylic acids is 1. The van der Waals surface area contributed by atoms with Gasteiger partial charge in [-0.05, 0) is 18.6 Å². The minimum Gasteiger partial charge on any atom is -0.496 e. The molecule has 19 heavy (non-hydrogen) atoms. The lowest BCUT2D eigenvalue weighted by molar-refractivity contribution is 0.0759. The molecule has 0 N–H and O–H groups in total. The van der Waals surface area contributed by atoms with Gasteiger partial charge in [-0.15, -0.1) is 0 Å². The SMILES string of the molecule is CCCN(CCBr)C(=O)c1c(OC)cccc1OC. The van der Waals surface area contributed by atoms with Crippen molar-refractivity contribution in [3.8, 4) is 11.5 Å². The van der Waals surface area contributed by atoms with E-state index in [0.29, 0.717) is 30.2 Å². The van der Waals surface area contributed by atoms with Gasteiger partial charge in [0, 0.05) is 18.4 Å². The van der Waals surface area contributed by atoms with Gasteiger partial charge >= 0.3 is 0 Å². The number of hydrogen-bond acceptors (Lipinski definition) is 3. The maximum Gasteiger partial charge on any atom is 0.261 e. The molecular weight excluding hydrogens is 310 g/mol. The standard InChI is InChI=1S/C14H20BrNO3/c1-4-9-16(10-8-15)14(17)13-11(18-2)6-5-7-12(13)19-3/h5-7H,4,8-10H2,1-3H3. The molecular formula is C14H20BrNO3. The highest BCUT2D eigenvalue weighted by molar-refractivity contribution is 9.09. The molecule has 106 valence electrons. The summed E-state index contributed by atoms with van der Waals surface area (Å²) in [7, 11) is 3.11. The molecule has 0 atom stereocenters. The molecule has 0 bridgehead atoms. The van der Waals surface area contributed by atoms with Crippen LogP contribution in [-0.4, -0.2) is 43.4 Å². The molecule has 0 spiro atoms. The Morgan fingerprint density at radius 2 is 1.79 bits per heavy atom. The van der Waals surface area contributed by atoms with Gasteiger partial charge < -0.3 is 14.4 Å². The summed E-state index contributed by atoms with van der Waals surface area (Å²) < 4.78 is 10.6. The molecule has 0 aliphatic rings. The summed E-state index contributed by atoms with van der Waals surface area (Å²) in [6, 6.07) is 5.35. The van der Waals surface area contributed by atoms with E-state index in [1.54, 1.807) is 31.3 Å². The van der Waals surface area contributed by atoms with Crippen LogP contribution in [0.2, 0.25) is 0 Å². The van der Waals surface area contributed by atoms with Crippen molar-refractivity contribution < 1.29 is 14.3 Å². The quantitative estimate of drug-likeness (QED) is 0.722. The zero-order chi connectivity index (χ0) is 14.3. The number of carbonyl (C=O) groups is 1. The molecule has 1 aromatic rings. The maximum absolute atomic E-state index is 12.6. The van der Waals surface area contributed by atoms with Gasteiger partial charge in [0.05, 0.1) is 14.2 Å². The molecule has 0 saturated heterocycles. The van der Waals surface area contributed by atoms with E-state index in [1.807, 2.05) is 13.0 Å². The van der Waals surface area contributed by atoms with Gasteiger partial charge in [-0.25, -0.2) is 0 Å². The predicted octanol–water partition coefficient (Wildman–Crippen LogP) is 2.95. The van der Waals surface area contributed by atoms with E-state index in [2.05, 4.69) is 15.9 Å². The molecule has 5 heteroatoms. The number of alkyl halides is 1. The fraction of sp³-hybridized carbons (Fsp3) is 0.500. The topological polar surface area (TPSA) is 38.8 Å². The average Bonchev–Trinajstić information content (AvgIpc) is 2.45. The van der Waals surface area contributed by atoms with Crippen LogP contribution in [0.5, 0.6) is 11.5 Å². The number of benzene rings is 1. The Morgan fingerprint density at radius 1 is 1.21 bits per heavy atom. The van der Waals surface area contributed by atoms with Gasteiger partial charge in [-0.3, -0.25) is 4.79 Å². The van der Waals surface area contributed by atoms with Crippen LogP contribution >= 0.6 is 15.9 Å².